The Morgan fingerprint density at radius 3 is 2.22 bits per heavy atom. The summed E-state index contributed by atoms with van der Waals surface area (Å²) in [6.07, 6.45) is 0.927. The van der Waals surface area contributed by atoms with Crippen LogP contribution in [0.2, 0.25) is 0 Å². The highest BCUT2D eigenvalue weighted by Gasteiger charge is 2.17. The zero-order chi connectivity index (χ0) is 17.4. The Balaban J connectivity index is 3.25. The summed E-state index contributed by atoms with van der Waals surface area (Å²) in [5.74, 6) is -1.76. The van der Waals surface area contributed by atoms with Crippen LogP contribution in [0.5, 0.6) is 5.75 Å². The molecule has 0 radical (unpaired) electrons. The van der Waals surface area contributed by atoms with Crippen LogP contribution in [0.1, 0.15) is 10.4 Å². The quantitative estimate of drug-likeness (QED) is 0.472. The third-order valence-corrected chi connectivity index (χ3v) is 2.76. The first-order chi connectivity index (χ1) is 11.0. The van der Waals surface area contributed by atoms with E-state index in [1.807, 2.05) is 0 Å². The van der Waals surface area contributed by atoms with Gasteiger partial charge in [0.25, 0.3) is 0 Å². The van der Waals surface area contributed by atoms with E-state index in [1.54, 1.807) is 0 Å². The Kier molecular flexibility index (Phi) is 6.60. The lowest BCUT2D eigenvalue weighted by Gasteiger charge is -2.13. The van der Waals surface area contributed by atoms with E-state index in [0.717, 1.165) is 13.2 Å². The number of benzene rings is 1. The molecule has 1 aromatic carbocycles. The Hall–Kier alpha value is -3.03. The van der Waals surface area contributed by atoms with E-state index in [0.29, 0.717) is 5.75 Å². The summed E-state index contributed by atoms with van der Waals surface area (Å²) in [5.41, 5.74) is 0.328. The summed E-state index contributed by atoms with van der Waals surface area (Å²) < 4.78 is 18.9. The molecule has 0 spiro atoms. The highest BCUT2D eigenvalue weighted by atomic mass is 16.5. The molecule has 0 bridgehead atoms. The smallest absolute Gasteiger partial charge is 0.354 e. The average Bonchev–Trinajstić information content (AvgIpc) is 2.59. The largest absolute Gasteiger partial charge is 0.495 e. The summed E-state index contributed by atoms with van der Waals surface area (Å²) in [6, 6.07) is 4.43. The number of hydrogen-bond acceptors (Lipinski definition) is 8. The Labute approximate surface area is 133 Å². The van der Waals surface area contributed by atoms with Gasteiger partial charge in [-0.05, 0) is 18.2 Å². The van der Waals surface area contributed by atoms with E-state index in [2.05, 4.69) is 19.5 Å². The van der Waals surface area contributed by atoms with Crippen molar-refractivity contribution >= 4 is 23.6 Å². The maximum Gasteiger partial charge on any atom is 0.354 e. The highest BCUT2D eigenvalue weighted by molar-refractivity contribution is 5.99. The number of esters is 3. The predicted octanol–water partition coefficient (Wildman–Crippen LogP) is 1.12. The van der Waals surface area contributed by atoms with Gasteiger partial charge in [0.1, 0.15) is 11.4 Å². The standard InChI is InChI=1S/C15H17NO7/c1-20-12-6-5-9(14(18)22-3)7-10(12)16-11(15(19)23-4)8-13(17)21-2/h5-8,16H,1-4H3/b11-8+. The molecule has 1 N–H and O–H groups in total. The molecule has 0 saturated carbocycles. The molecule has 8 nitrogen and oxygen atoms in total. The van der Waals surface area contributed by atoms with Crippen LogP contribution in [0.4, 0.5) is 5.69 Å². The van der Waals surface area contributed by atoms with Gasteiger partial charge in [-0.2, -0.15) is 0 Å². The monoisotopic (exact) mass is 323 g/mol. The topological polar surface area (TPSA) is 100 Å². The fourth-order valence-corrected chi connectivity index (χ4v) is 1.63. The lowest BCUT2D eigenvalue weighted by molar-refractivity contribution is -0.138. The van der Waals surface area contributed by atoms with Crippen molar-refractivity contribution in [2.24, 2.45) is 0 Å². The van der Waals surface area contributed by atoms with Crippen LogP contribution in [0.15, 0.2) is 30.0 Å². The third-order valence-electron chi connectivity index (χ3n) is 2.76. The Morgan fingerprint density at radius 1 is 1.00 bits per heavy atom. The number of ether oxygens (including phenoxy) is 4. The van der Waals surface area contributed by atoms with Gasteiger partial charge < -0.3 is 24.3 Å². The highest BCUT2D eigenvalue weighted by Crippen LogP contribution is 2.27. The van der Waals surface area contributed by atoms with Gasteiger partial charge >= 0.3 is 17.9 Å². The third kappa shape index (κ3) is 4.73. The van der Waals surface area contributed by atoms with Gasteiger partial charge in [-0.25, -0.2) is 14.4 Å². The van der Waals surface area contributed by atoms with E-state index >= 15 is 0 Å². The number of hydrogen-bond donors (Lipinski definition) is 1. The normalized spacial score (nSPS) is 10.5. The van der Waals surface area contributed by atoms with Crippen LogP contribution in [0, 0.1) is 0 Å². The van der Waals surface area contributed by atoms with Crippen molar-refractivity contribution in [2.45, 2.75) is 0 Å². The predicted molar refractivity (Wildman–Crippen MR) is 80.1 cm³/mol. The van der Waals surface area contributed by atoms with Gasteiger partial charge in [0, 0.05) is 0 Å². The molecule has 8 heteroatoms. The molecular formula is C15H17NO7. The fraction of sp³-hybridized carbons (Fsp3) is 0.267. The number of carbonyl (C=O) groups excluding carboxylic acids is 3. The Bertz CT molecular complexity index is 637. The molecule has 0 aliphatic heterocycles. The maximum atomic E-state index is 11.7. The summed E-state index contributed by atoms with van der Waals surface area (Å²) in [4.78, 5) is 34.7. The van der Waals surface area contributed by atoms with Crippen molar-refractivity contribution in [2.75, 3.05) is 33.8 Å². The number of carbonyl (C=O) groups is 3. The van der Waals surface area contributed by atoms with Crippen molar-refractivity contribution in [3.05, 3.63) is 35.5 Å². The van der Waals surface area contributed by atoms with Crippen LogP contribution >= 0.6 is 0 Å². The summed E-state index contributed by atoms with van der Waals surface area (Å²) in [6.45, 7) is 0. The van der Waals surface area contributed by atoms with E-state index in [1.165, 1.54) is 39.5 Å². The average molecular weight is 323 g/mol. The maximum absolute atomic E-state index is 11.7. The van der Waals surface area contributed by atoms with Crippen LogP contribution < -0.4 is 10.1 Å². The zero-order valence-electron chi connectivity index (χ0n) is 13.2. The molecule has 23 heavy (non-hydrogen) atoms. The number of nitrogens with one attached hydrogen (secondary N) is 1. The molecule has 0 fully saturated rings. The molecular weight excluding hydrogens is 306 g/mol. The zero-order valence-corrected chi connectivity index (χ0v) is 13.2. The number of anilines is 1. The van der Waals surface area contributed by atoms with E-state index < -0.39 is 17.9 Å². The molecule has 0 atom stereocenters. The van der Waals surface area contributed by atoms with Gasteiger partial charge in [0.15, 0.2) is 0 Å². The Morgan fingerprint density at radius 2 is 1.70 bits per heavy atom. The fourth-order valence-electron chi connectivity index (χ4n) is 1.63. The van der Waals surface area contributed by atoms with E-state index in [4.69, 9.17) is 4.74 Å². The first kappa shape index (κ1) is 18.0. The summed E-state index contributed by atoms with van der Waals surface area (Å²) in [7, 11) is 5.00. The molecule has 0 aliphatic carbocycles. The van der Waals surface area contributed by atoms with Crippen LogP contribution in [-0.4, -0.2) is 46.3 Å². The van der Waals surface area contributed by atoms with E-state index in [9.17, 15) is 14.4 Å². The van der Waals surface area contributed by atoms with Crippen LogP contribution in [0.3, 0.4) is 0 Å². The molecule has 0 saturated heterocycles. The van der Waals surface area contributed by atoms with Crippen molar-refractivity contribution in [1.29, 1.82) is 0 Å². The van der Waals surface area contributed by atoms with E-state index in [-0.39, 0.29) is 16.9 Å². The second kappa shape index (κ2) is 8.42. The number of rotatable bonds is 6. The minimum absolute atomic E-state index is 0.181. The molecule has 0 aromatic heterocycles. The second-order valence-electron chi connectivity index (χ2n) is 4.10. The minimum atomic E-state index is -0.791. The molecule has 0 amide bonds. The molecule has 0 aliphatic rings. The van der Waals surface area contributed by atoms with Gasteiger partial charge in [-0.15, -0.1) is 0 Å². The van der Waals surface area contributed by atoms with Gasteiger partial charge in [-0.3, -0.25) is 0 Å². The summed E-state index contributed by atoms with van der Waals surface area (Å²) in [5, 5.41) is 2.69. The molecule has 1 aromatic rings. The molecule has 0 unspecified atom stereocenters. The van der Waals surface area contributed by atoms with Crippen LogP contribution in [-0.2, 0) is 23.8 Å². The van der Waals surface area contributed by atoms with Crippen LogP contribution in [0.25, 0.3) is 0 Å². The summed E-state index contributed by atoms with van der Waals surface area (Å²) >= 11 is 0. The molecule has 124 valence electrons. The SMILES string of the molecule is COC(=O)/C=C(/Nc1cc(C(=O)OC)ccc1OC)C(=O)OC. The van der Waals surface area contributed by atoms with Crippen molar-refractivity contribution in [3.8, 4) is 5.75 Å². The van der Waals surface area contributed by atoms with Crippen molar-refractivity contribution in [1.82, 2.24) is 0 Å². The lowest BCUT2D eigenvalue weighted by Crippen LogP contribution is -2.16. The van der Waals surface area contributed by atoms with Gasteiger partial charge in [0.05, 0.1) is 45.8 Å². The van der Waals surface area contributed by atoms with Gasteiger partial charge in [-0.1, -0.05) is 0 Å². The minimum Gasteiger partial charge on any atom is -0.495 e. The molecule has 0 heterocycles. The number of methoxy groups -OCH3 is 4. The first-order valence-electron chi connectivity index (χ1n) is 6.38. The first-order valence-corrected chi connectivity index (χ1v) is 6.38. The van der Waals surface area contributed by atoms with Crippen molar-refractivity contribution in [3.63, 3.8) is 0 Å². The second-order valence-corrected chi connectivity index (χ2v) is 4.10. The van der Waals surface area contributed by atoms with Crippen molar-refractivity contribution < 1.29 is 33.3 Å². The molecule has 1 rings (SSSR count). The van der Waals surface area contributed by atoms with Gasteiger partial charge in [0.2, 0.25) is 0 Å². The lowest BCUT2D eigenvalue weighted by atomic mass is 10.1.